The van der Waals surface area contributed by atoms with Crippen molar-refractivity contribution in [2.24, 2.45) is 5.41 Å². The Morgan fingerprint density at radius 3 is 2.75 bits per heavy atom. The highest BCUT2D eigenvalue weighted by Gasteiger charge is 2.40. The molecule has 1 saturated carbocycles. The lowest BCUT2D eigenvalue weighted by Crippen LogP contribution is -2.24. The highest BCUT2D eigenvalue weighted by Crippen LogP contribution is 2.45. The third-order valence-electron chi connectivity index (χ3n) is 3.05. The molecule has 0 heterocycles. The fraction of sp³-hybridized carbons (Fsp3) is 0.500. The van der Waals surface area contributed by atoms with Gasteiger partial charge in [0.25, 0.3) is 0 Å². The van der Waals surface area contributed by atoms with E-state index < -0.39 is 0 Å². The number of rotatable bonds is 5. The SMILES string of the molecule is Fc1ccc(CNCC2(CCl)CC2)cc1Br. The molecular formula is C12H14BrClFN. The van der Waals surface area contributed by atoms with Gasteiger partial charge >= 0.3 is 0 Å². The smallest absolute Gasteiger partial charge is 0.137 e. The van der Waals surface area contributed by atoms with Gasteiger partial charge in [0.1, 0.15) is 5.82 Å². The van der Waals surface area contributed by atoms with Crippen LogP contribution in [-0.2, 0) is 6.54 Å². The van der Waals surface area contributed by atoms with Crippen LogP contribution < -0.4 is 5.32 Å². The summed E-state index contributed by atoms with van der Waals surface area (Å²) in [6, 6.07) is 5.09. The minimum atomic E-state index is -0.219. The van der Waals surface area contributed by atoms with Gasteiger partial charge in [0.05, 0.1) is 4.47 Å². The van der Waals surface area contributed by atoms with Crippen molar-refractivity contribution in [3.63, 3.8) is 0 Å². The van der Waals surface area contributed by atoms with Gasteiger partial charge < -0.3 is 5.32 Å². The number of hydrogen-bond acceptors (Lipinski definition) is 1. The Morgan fingerprint density at radius 1 is 1.44 bits per heavy atom. The van der Waals surface area contributed by atoms with E-state index >= 15 is 0 Å². The second kappa shape index (κ2) is 5.03. The molecule has 1 aliphatic carbocycles. The predicted octanol–water partition coefficient (Wildman–Crippen LogP) is 3.70. The van der Waals surface area contributed by atoms with Crippen LogP contribution in [-0.4, -0.2) is 12.4 Å². The Morgan fingerprint density at radius 2 is 2.19 bits per heavy atom. The van der Waals surface area contributed by atoms with E-state index in [-0.39, 0.29) is 5.82 Å². The molecule has 0 bridgehead atoms. The average molecular weight is 307 g/mol. The lowest BCUT2D eigenvalue weighted by Gasteiger charge is -2.12. The van der Waals surface area contributed by atoms with Crippen molar-refractivity contribution in [1.29, 1.82) is 0 Å². The van der Waals surface area contributed by atoms with Gasteiger partial charge in [-0.25, -0.2) is 4.39 Å². The molecule has 2 rings (SSSR count). The summed E-state index contributed by atoms with van der Waals surface area (Å²) >= 11 is 9.07. The summed E-state index contributed by atoms with van der Waals surface area (Å²) in [6.07, 6.45) is 2.44. The molecule has 1 N–H and O–H groups in total. The van der Waals surface area contributed by atoms with Crippen molar-refractivity contribution in [3.8, 4) is 0 Å². The van der Waals surface area contributed by atoms with Crippen LogP contribution in [0.5, 0.6) is 0 Å². The molecule has 1 aromatic carbocycles. The second-order valence-corrected chi connectivity index (χ2v) is 5.61. The molecular weight excluding hydrogens is 292 g/mol. The van der Waals surface area contributed by atoms with Gasteiger partial charge in [0, 0.05) is 19.0 Å². The molecule has 16 heavy (non-hydrogen) atoms. The molecule has 1 aliphatic rings. The zero-order valence-electron chi connectivity index (χ0n) is 8.90. The molecule has 0 spiro atoms. The quantitative estimate of drug-likeness (QED) is 0.818. The number of halogens is 3. The maximum Gasteiger partial charge on any atom is 0.137 e. The van der Waals surface area contributed by atoms with E-state index in [2.05, 4.69) is 21.2 Å². The summed E-state index contributed by atoms with van der Waals surface area (Å²) in [5.74, 6) is 0.510. The topological polar surface area (TPSA) is 12.0 Å². The Kier molecular flexibility index (Phi) is 3.88. The number of benzene rings is 1. The average Bonchev–Trinajstić information content (AvgIpc) is 3.04. The third kappa shape index (κ3) is 2.96. The van der Waals surface area contributed by atoms with Crippen LogP contribution in [0.4, 0.5) is 4.39 Å². The number of hydrogen-bond donors (Lipinski definition) is 1. The normalized spacial score (nSPS) is 17.4. The maximum atomic E-state index is 13.0. The first kappa shape index (κ1) is 12.3. The first-order valence-corrected chi connectivity index (χ1v) is 6.69. The van der Waals surface area contributed by atoms with Crippen LogP contribution in [0.15, 0.2) is 22.7 Å². The van der Waals surface area contributed by atoms with Crippen LogP contribution in [0.25, 0.3) is 0 Å². The fourth-order valence-electron chi connectivity index (χ4n) is 1.66. The van der Waals surface area contributed by atoms with Gasteiger partial charge in [0.2, 0.25) is 0 Å². The van der Waals surface area contributed by atoms with Crippen LogP contribution in [0.2, 0.25) is 0 Å². The lowest BCUT2D eigenvalue weighted by molar-refractivity contribution is 0.504. The number of alkyl halides is 1. The molecule has 1 fully saturated rings. The summed E-state index contributed by atoms with van der Waals surface area (Å²) in [4.78, 5) is 0. The lowest BCUT2D eigenvalue weighted by atomic mass is 10.1. The molecule has 1 nitrogen and oxygen atoms in total. The largest absolute Gasteiger partial charge is 0.312 e. The van der Waals surface area contributed by atoms with Crippen molar-refractivity contribution in [3.05, 3.63) is 34.1 Å². The molecule has 0 aromatic heterocycles. The van der Waals surface area contributed by atoms with Gasteiger partial charge in [-0.3, -0.25) is 0 Å². The Labute approximate surface area is 109 Å². The molecule has 0 radical (unpaired) electrons. The van der Waals surface area contributed by atoms with Gasteiger partial charge in [-0.05, 0) is 51.9 Å². The van der Waals surface area contributed by atoms with E-state index in [1.54, 1.807) is 6.07 Å². The summed E-state index contributed by atoms with van der Waals surface area (Å²) in [5.41, 5.74) is 1.41. The highest BCUT2D eigenvalue weighted by atomic mass is 79.9. The Balaban J connectivity index is 1.83. The van der Waals surface area contributed by atoms with Gasteiger partial charge in [0.15, 0.2) is 0 Å². The van der Waals surface area contributed by atoms with E-state index in [1.807, 2.05) is 6.07 Å². The van der Waals surface area contributed by atoms with Gasteiger partial charge in [-0.1, -0.05) is 6.07 Å². The third-order valence-corrected chi connectivity index (χ3v) is 4.23. The maximum absolute atomic E-state index is 13.0. The molecule has 4 heteroatoms. The monoisotopic (exact) mass is 305 g/mol. The highest BCUT2D eigenvalue weighted by molar-refractivity contribution is 9.10. The summed E-state index contributed by atoms with van der Waals surface area (Å²) in [7, 11) is 0. The van der Waals surface area contributed by atoms with Crippen molar-refractivity contribution in [2.45, 2.75) is 19.4 Å². The first-order chi connectivity index (χ1) is 7.65. The van der Waals surface area contributed by atoms with E-state index in [1.165, 1.54) is 18.9 Å². The van der Waals surface area contributed by atoms with Crippen molar-refractivity contribution in [2.75, 3.05) is 12.4 Å². The fourth-order valence-corrected chi connectivity index (χ4v) is 2.44. The number of nitrogens with one attached hydrogen (secondary N) is 1. The first-order valence-electron chi connectivity index (χ1n) is 5.36. The summed E-state index contributed by atoms with van der Waals surface area (Å²) in [5, 5.41) is 3.37. The zero-order chi connectivity index (χ0) is 11.6. The molecule has 1 aromatic rings. The standard InChI is InChI=1S/C12H14BrClFN/c13-10-5-9(1-2-11(10)15)6-16-8-12(7-14)3-4-12/h1-2,5,16H,3-4,6-8H2. The van der Waals surface area contributed by atoms with E-state index in [0.717, 1.165) is 24.5 Å². The predicted molar refractivity (Wildman–Crippen MR) is 68.2 cm³/mol. The van der Waals surface area contributed by atoms with Crippen LogP contribution in [0.1, 0.15) is 18.4 Å². The molecule has 0 aliphatic heterocycles. The molecule has 0 amide bonds. The van der Waals surface area contributed by atoms with E-state index in [0.29, 0.717) is 9.89 Å². The molecule has 0 unspecified atom stereocenters. The summed E-state index contributed by atoms with van der Waals surface area (Å²) < 4.78 is 13.5. The van der Waals surface area contributed by atoms with Gasteiger partial charge in [-0.15, -0.1) is 11.6 Å². The Bertz CT molecular complexity index is 379. The van der Waals surface area contributed by atoms with Crippen molar-refractivity contribution in [1.82, 2.24) is 5.32 Å². The van der Waals surface area contributed by atoms with Gasteiger partial charge in [-0.2, -0.15) is 0 Å². The zero-order valence-corrected chi connectivity index (χ0v) is 11.2. The molecule has 0 saturated heterocycles. The summed E-state index contributed by atoms with van der Waals surface area (Å²) in [6.45, 7) is 1.71. The van der Waals surface area contributed by atoms with Crippen LogP contribution >= 0.6 is 27.5 Å². The Hall–Kier alpha value is -0.120. The molecule has 0 atom stereocenters. The minimum Gasteiger partial charge on any atom is -0.312 e. The molecule has 88 valence electrons. The van der Waals surface area contributed by atoms with Crippen LogP contribution in [0, 0.1) is 11.2 Å². The van der Waals surface area contributed by atoms with E-state index in [4.69, 9.17) is 11.6 Å². The van der Waals surface area contributed by atoms with Crippen LogP contribution in [0.3, 0.4) is 0 Å². The van der Waals surface area contributed by atoms with Crippen molar-refractivity contribution >= 4 is 27.5 Å². The van der Waals surface area contributed by atoms with Crippen molar-refractivity contribution < 1.29 is 4.39 Å². The minimum absolute atomic E-state index is 0.219. The van der Waals surface area contributed by atoms with E-state index in [9.17, 15) is 4.39 Å². The second-order valence-electron chi connectivity index (χ2n) is 4.49.